The molecule has 0 saturated carbocycles. The summed E-state index contributed by atoms with van der Waals surface area (Å²) in [6.45, 7) is 1.36. The molecule has 0 amide bonds. The molecule has 0 radical (unpaired) electrons. The first-order valence-electron chi connectivity index (χ1n) is 3.16. The molecular weight excluding hydrogens is 160 g/mol. The Hall–Kier alpha value is -0.960. The van der Waals surface area contributed by atoms with Gasteiger partial charge in [-0.05, 0) is 12.1 Å². The van der Waals surface area contributed by atoms with E-state index < -0.39 is 0 Å². The number of rotatable bonds is 1. The molecule has 0 bridgehead atoms. The summed E-state index contributed by atoms with van der Waals surface area (Å²) in [4.78, 5) is 11.2. The van der Waals surface area contributed by atoms with E-state index in [2.05, 4.69) is 12.6 Å². The van der Waals surface area contributed by atoms with Gasteiger partial charge in [-0.25, -0.2) is 0 Å². The van der Waals surface area contributed by atoms with Crippen LogP contribution in [0.5, 0.6) is 5.75 Å². The second-order valence-electron chi connectivity index (χ2n) is 2.06. The highest BCUT2D eigenvalue weighted by molar-refractivity contribution is 7.80. The monoisotopic (exact) mass is 168 g/mol. The minimum atomic E-state index is -0.327. The molecule has 0 atom stereocenters. The predicted molar refractivity (Wildman–Crippen MR) is 45.0 cm³/mol. The lowest BCUT2D eigenvalue weighted by Crippen LogP contribution is -2.01. The lowest BCUT2D eigenvalue weighted by molar-refractivity contribution is -0.132. The number of carbonyl (C=O) groups is 1. The Morgan fingerprint density at radius 1 is 1.45 bits per heavy atom. The number of esters is 1. The second kappa shape index (κ2) is 3.44. The van der Waals surface area contributed by atoms with E-state index in [-0.39, 0.29) is 5.97 Å². The summed E-state index contributed by atoms with van der Waals surface area (Å²) in [5, 5.41) is 0. The fourth-order valence-corrected chi connectivity index (χ4v) is 0.905. The zero-order valence-corrected chi connectivity index (χ0v) is 6.97. The average molecular weight is 168 g/mol. The fraction of sp³-hybridized carbons (Fsp3) is 0.125. The van der Waals surface area contributed by atoms with Crippen LogP contribution in [0.15, 0.2) is 29.2 Å². The first-order valence-corrected chi connectivity index (χ1v) is 3.61. The zero-order chi connectivity index (χ0) is 8.27. The number of ether oxygens (including phenoxy) is 1. The number of hydrogen-bond acceptors (Lipinski definition) is 3. The van der Waals surface area contributed by atoms with Crippen molar-refractivity contribution in [1.29, 1.82) is 0 Å². The van der Waals surface area contributed by atoms with Gasteiger partial charge in [-0.1, -0.05) is 12.1 Å². The van der Waals surface area contributed by atoms with Crippen molar-refractivity contribution in [3.05, 3.63) is 24.3 Å². The van der Waals surface area contributed by atoms with Gasteiger partial charge in [0.05, 0.1) is 0 Å². The molecule has 0 aliphatic heterocycles. The molecule has 0 aromatic heterocycles. The molecule has 0 heterocycles. The Bertz CT molecular complexity index is 271. The maximum absolute atomic E-state index is 10.5. The minimum Gasteiger partial charge on any atom is -0.426 e. The molecule has 1 aromatic rings. The van der Waals surface area contributed by atoms with Crippen LogP contribution in [-0.4, -0.2) is 5.97 Å². The van der Waals surface area contributed by atoms with Gasteiger partial charge in [0, 0.05) is 11.8 Å². The molecule has 0 aliphatic rings. The van der Waals surface area contributed by atoms with E-state index in [9.17, 15) is 4.79 Å². The Balaban J connectivity index is 2.86. The van der Waals surface area contributed by atoms with Crippen molar-refractivity contribution in [1.82, 2.24) is 0 Å². The molecule has 1 rings (SSSR count). The highest BCUT2D eigenvalue weighted by atomic mass is 32.1. The van der Waals surface area contributed by atoms with Crippen LogP contribution in [0, 0.1) is 0 Å². The molecule has 0 unspecified atom stereocenters. The number of thiol groups is 1. The molecule has 0 N–H and O–H groups in total. The summed E-state index contributed by atoms with van der Waals surface area (Å²) in [7, 11) is 0. The Labute approximate surface area is 70.6 Å². The van der Waals surface area contributed by atoms with Gasteiger partial charge in [0.1, 0.15) is 5.75 Å². The summed E-state index contributed by atoms with van der Waals surface area (Å²) in [5.74, 6) is 0.176. The number of carbonyl (C=O) groups excluding carboxylic acids is 1. The molecule has 0 aliphatic carbocycles. The van der Waals surface area contributed by atoms with Gasteiger partial charge in [0.2, 0.25) is 0 Å². The van der Waals surface area contributed by atoms with E-state index >= 15 is 0 Å². The molecule has 58 valence electrons. The fourth-order valence-electron chi connectivity index (χ4n) is 0.698. The van der Waals surface area contributed by atoms with E-state index in [0.717, 1.165) is 0 Å². The van der Waals surface area contributed by atoms with Gasteiger partial charge in [0.15, 0.2) is 0 Å². The van der Waals surface area contributed by atoms with Crippen molar-refractivity contribution in [2.24, 2.45) is 0 Å². The normalized spacial score (nSPS) is 9.27. The summed E-state index contributed by atoms with van der Waals surface area (Å²) < 4.78 is 4.83. The molecule has 0 fully saturated rings. The van der Waals surface area contributed by atoms with Crippen LogP contribution in [0.25, 0.3) is 0 Å². The SMILES string of the molecule is CC(=O)Oc1ccccc1S. The third-order valence-corrected chi connectivity index (χ3v) is 1.49. The Morgan fingerprint density at radius 3 is 2.64 bits per heavy atom. The van der Waals surface area contributed by atoms with Crippen molar-refractivity contribution in [3.8, 4) is 5.75 Å². The van der Waals surface area contributed by atoms with Crippen LogP contribution < -0.4 is 4.74 Å². The molecular formula is C8H8O2S. The van der Waals surface area contributed by atoms with E-state index in [1.807, 2.05) is 6.07 Å². The van der Waals surface area contributed by atoms with Crippen LogP contribution >= 0.6 is 12.6 Å². The zero-order valence-electron chi connectivity index (χ0n) is 6.07. The molecule has 0 saturated heterocycles. The molecule has 2 nitrogen and oxygen atoms in total. The van der Waals surface area contributed by atoms with Crippen molar-refractivity contribution in [3.63, 3.8) is 0 Å². The largest absolute Gasteiger partial charge is 0.426 e. The summed E-state index contributed by atoms with van der Waals surface area (Å²) in [5.41, 5.74) is 0. The lowest BCUT2D eigenvalue weighted by atomic mass is 10.3. The quantitative estimate of drug-likeness (QED) is 0.394. The predicted octanol–water partition coefficient (Wildman–Crippen LogP) is 1.90. The molecule has 3 heteroatoms. The summed E-state index contributed by atoms with van der Waals surface area (Å²) >= 11 is 4.10. The summed E-state index contributed by atoms with van der Waals surface area (Å²) in [6, 6.07) is 7.08. The summed E-state index contributed by atoms with van der Waals surface area (Å²) in [6.07, 6.45) is 0. The smallest absolute Gasteiger partial charge is 0.308 e. The standard InChI is InChI=1S/C8H8O2S/c1-6(9)10-7-4-2-3-5-8(7)11/h2-5,11H,1H3. The van der Waals surface area contributed by atoms with Crippen LogP contribution in [0.3, 0.4) is 0 Å². The minimum absolute atomic E-state index is 0.327. The average Bonchev–Trinajstić information content (AvgIpc) is 1.93. The third kappa shape index (κ3) is 2.27. The van der Waals surface area contributed by atoms with Crippen molar-refractivity contribution in [2.45, 2.75) is 11.8 Å². The first-order chi connectivity index (χ1) is 5.20. The maximum Gasteiger partial charge on any atom is 0.308 e. The van der Waals surface area contributed by atoms with Crippen molar-refractivity contribution in [2.75, 3.05) is 0 Å². The highest BCUT2D eigenvalue weighted by Crippen LogP contribution is 2.20. The van der Waals surface area contributed by atoms with E-state index in [4.69, 9.17) is 4.74 Å². The maximum atomic E-state index is 10.5. The number of para-hydroxylation sites is 1. The third-order valence-electron chi connectivity index (χ3n) is 1.12. The van der Waals surface area contributed by atoms with Gasteiger partial charge in [-0.3, -0.25) is 4.79 Å². The van der Waals surface area contributed by atoms with Crippen LogP contribution in [0.4, 0.5) is 0 Å². The molecule has 1 aromatic carbocycles. The topological polar surface area (TPSA) is 26.3 Å². The number of hydrogen-bond donors (Lipinski definition) is 1. The lowest BCUT2D eigenvalue weighted by Gasteiger charge is -2.02. The Morgan fingerprint density at radius 2 is 2.09 bits per heavy atom. The first kappa shape index (κ1) is 8.14. The molecule has 0 spiro atoms. The van der Waals surface area contributed by atoms with Gasteiger partial charge in [-0.2, -0.15) is 0 Å². The van der Waals surface area contributed by atoms with Crippen molar-refractivity contribution >= 4 is 18.6 Å². The van der Waals surface area contributed by atoms with Gasteiger partial charge >= 0.3 is 5.97 Å². The van der Waals surface area contributed by atoms with E-state index in [1.54, 1.807) is 18.2 Å². The highest BCUT2D eigenvalue weighted by Gasteiger charge is 1.99. The van der Waals surface area contributed by atoms with Crippen LogP contribution in [-0.2, 0) is 4.79 Å². The van der Waals surface area contributed by atoms with Gasteiger partial charge < -0.3 is 4.74 Å². The number of benzene rings is 1. The second-order valence-corrected chi connectivity index (χ2v) is 2.54. The van der Waals surface area contributed by atoms with Crippen LogP contribution in [0.1, 0.15) is 6.92 Å². The Kier molecular flexibility index (Phi) is 2.54. The van der Waals surface area contributed by atoms with E-state index in [0.29, 0.717) is 10.6 Å². The van der Waals surface area contributed by atoms with E-state index in [1.165, 1.54) is 6.92 Å². The van der Waals surface area contributed by atoms with Gasteiger partial charge in [0.25, 0.3) is 0 Å². The van der Waals surface area contributed by atoms with Gasteiger partial charge in [-0.15, -0.1) is 12.6 Å². The molecule has 11 heavy (non-hydrogen) atoms. The van der Waals surface area contributed by atoms with Crippen LogP contribution in [0.2, 0.25) is 0 Å². The van der Waals surface area contributed by atoms with Crippen molar-refractivity contribution < 1.29 is 9.53 Å².